The van der Waals surface area contributed by atoms with Crippen molar-refractivity contribution in [3.8, 4) is 0 Å². The molecule has 0 saturated heterocycles. The number of nitro groups is 1. The molecule has 4 rings (SSSR count). The monoisotopic (exact) mass is 558 g/mol. The van der Waals surface area contributed by atoms with Gasteiger partial charge < -0.3 is 16.0 Å². The first-order valence-corrected chi connectivity index (χ1v) is 13.5. The maximum Gasteiger partial charge on any atom is 0.272 e. The molecule has 1 aromatic heterocycles. The van der Waals surface area contributed by atoms with Gasteiger partial charge in [0.15, 0.2) is 0 Å². The Morgan fingerprint density at radius 2 is 1.54 bits per heavy atom. The summed E-state index contributed by atoms with van der Waals surface area (Å²) in [7, 11) is 0. The van der Waals surface area contributed by atoms with Crippen LogP contribution in [-0.4, -0.2) is 28.4 Å². The summed E-state index contributed by atoms with van der Waals surface area (Å²) in [6.07, 6.45) is 1.61. The number of anilines is 2. The van der Waals surface area contributed by atoms with Crippen LogP contribution in [0.4, 0.5) is 17.1 Å². The number of nitro benzene ring substituents is 1. The van der Waals surface area contributed by atoms with Crippen LogP contribution in [0.15, 0.2) is 106 Å². The molecule has 0 radical (unpaired) electrons. The molecule has 0 saturated carbocycles. The summed E-state index contributed by atoms with van der Waals surface area (Å²) < 4.78 is 0. The van der Waals surface area contributed by atoms with Crippen LogP contribution in [0, 0.1) is 10.1 Å². The van der Waals surface area contributed by atoms with Gasteiger partial charge in [-0.3, -0.25) is 24.5 Å². The fourth-order valence-electron chi connectivity index (χ4n) is 3.31. The highest BCUT2D eigenvalue weighted by Gasteiger charge is 2.15. The number of nitrogens with zero attached hydrogens (tertiary/aromatic N) is 1. The summed E-state index contributed by atoms with van der Waals surface area (Å²) in [6.45, 7) is 0. The van der Waals surface area contributed by atoms with Gasteiger partial charge in [0.2, 0.25) is 5.91 Å². The number of hydrogen-bond donors (Lipinski definition) is 3. The Morgan fingerprint density at radius 1 is 0.872 bits per heavy atom. The number of thioether (sulfide) groups is 1. The van der Waals surface area contributed by atoms with Gasteiger partial charge in [-0.2, -0.15) is 11.3 Å². The molecular formula is C28H22N4O5S2. The van der Waals surface area contributed by atoms with Crippen molar-refractivity contribution in [3.63, 3.8) is 0 Å². The first-order chi connectivity index (χ1) is 18.9. The third-order valence-corrected chi connectivity index (χ3v) is 6.94. The first-order valence-electron chi connectivity index (χ1n) is 11.6. The number of carbonyl (C=O) groups excluding carboxylic acids is 3. The van der Waals surface area contributed by atoms with Gasteiger partial charge in [0.05, 0.1) is 10.7 Å². The molecule has 0 atom stereocenters. The van der Waals surface area contributed by atoms with E-state index in [0.717, 1.165) is 10.5 Å². The van der Waals surface area contributed by atoms with Crippen molar-refractivity contribution in [1.82, 2.24) is 5.32 Å². The fraction of sp³-hybridized carbons (Fsp3) is 0.0357. The van der Waals surface area contributed by atoms with E-state index < -0.39 is 16.7 Å². The van der Waals surface area contributed by atoms with Gasteiger partial charge in [0.1, 0.15) is 5.70 Å². The van der Waals surface area contributed by atoms with Crippen LogP contribution in [0.25, 0.3) is 6.08 Å². The number of amides is 3. The zero-order valence-electron chi connectivity index (χ0n) is 20.3. The van der Waals surface area contributed by atoms with Crippen LogP contribution in [-0.2, 0) is 9.59 Å². The van der Waals surface area contributed by atoms with Gasteiger partial charge >= 0.3 is 0 Å². The molecule has 3 amide bonds. The molecule has 196 valence electrons. The van der Waals surface area contributed by atoms with E-state index in [1.54, 1.807) is 60.7 Å². The van der Waals surface area contributed by atoms with Gasteiger partial charge in [-0.25, -0.2) is 0 Å². The fourth-order valence-corrected chi connectivity index (χ4v) is 4.63. The van der Waals surface area contributed by atoms with Crippen molar-refractivity contribution in [2.45, 2.75) is 4.90 Å². The normalized spacial score (nSPS) is 10.9. The number of carbonyl (C=O) groups is 3. The van der Waals surface area contributed by atoms with Crippen molar-refractivity contribution in [1.29, 1.82) is 0 Å². The van der Waals surface area contributed by atoms with E-state index in [4.69, 9.17) is 0 Å². The molecule has 11 heteroatoms. The standard InChI is InChI=1S/C28H22N4O5S2/c33-26(29-21-6-10-23(11-7-21)32(36)37)18-39-24-12-8-22(9-13-24)30-28(35)25(16-19-14-15-38-17-19)31-27(34)20-4-2-1-3-5-20/h1-17H,18H2,(H,29,33)(H,30,35)(H,31,34)/b25-16-. The average molecular weight is 559 g/mol. The Hall–Kier alpha value is -4.74. The third-order valence-electron chi connectivity index (χ3n) is 5.23. The Bertz CT molecular complexity index is 1490. The molecule has 3 N–H and O–H groups in total. The van der Waals surface area contributed by atoms with E-state index in [1.807, 2.05) is 16.8 Å². The van der Waals surface area contributed by atoms with Crippen LogP contribution in [0.3, 0.4) is 0 Å². The number of benzene rings is 3. The molecule has 0 fully saturated rings. The third kappa shape index (κ3) is 8.12. The predicted octanol–water partition coefficient (Wildman–Crippen LogP) is 5.80. The van der Waals surface area contributed by atoms with E-state index in [2.05, 4.69) is 16.0 Å². The summed E-state index contributed by atoms with van der Waals surface area (Å²) >= 11 is 2.78. The van der Waals surface area contributed by atoms with Crippen molar-refractivity contribution in [3.05, 3.63) is 123 Å². The van der Waals surface area contributed by atoms with Crippen LogP contribution in [0.5, 0.6) is 0 Å². The lowest BCUT2D eigenvalue weighted by Crippen LogP contribution is -2.30. The predicted molar refractivity (Wildman–Crippen MR) is 154 cm³/mol. The lowest BCUT2D eigenvalue weighted by Gasteiger charge is -2.11. The topological polar surface area (TPSA) is 130 Å². The number of thiophene rings is 1. The minimum Gasteiger partial charge on any atom is -0.325 e. The SMILES string of the molecule is O=C(CSc1ccc(NC(=O)/C(=C/c2ccsc2)NC(=O)c2ccccc2)cc1)Nc1ccc([N+](=O)[O-])cc1. The summed E-state index contributed by atoms with van der Waals surface area (Å²) in [5.41, 5.74) is 2.25. The first kappa shape index (κ1) is 27.3. The molecule has 3 aromatic carbocycles. The average Bonchev–Trinajstić information content (AvgIpc) is 3.46. The molecule has 0 aliphatic rings. The summed E-state index contributed by atoms with van der Waals surface area (Å²) in [6, 6.07) is 23.0. The van der Waals surface area contributed by atoms with E-state index in [9.17, 15) is 24.5 Å². The van der Waals surface area contributed by atoms with Crippen molar-refractivity contribution in [2.24, 2.45) is 0 Å². The highest BCUT2D eigenvalue weighted by molar-refractivity contribution is 8.00. The quantitative estimate of drug-likeness (QED) is 0.0977. The molecule has 4 aromatic rings. The van der Waals surface area contributed by atoms with Crippen molar-refractivity contribution >= 4 is 64.0 Å². The van der Waals surface area contributed by atoms with Crippen LogP contribution in [0.1, 0.15) is 15.9 Å². The maximum atomic E-state index is 13.1. The van der Waals surface area contributed by atoms with Crippen molar-refractivity contribution in [2.75, 3.05) is 16.4 Å². The Balaban J connectivity index is 1.34. The Kier molecular flexibility index (Phi) is 9.22. The zero-order chi connectivity index (χ0) is 27.6. The van der Waals surface area contributed by atoms with Crippen LogP contribution >= 0.6 is 23.1 Å². The van der Waals surface area contributed by atoms with E-state index in [0.29, 0.717) is 16.9 Å². The summed E-state index contributed by atoms with van der Waals surface area (Å²) in [5.74, 6) is -1.01. The lowest BCUT2D eigenvalue weighted by molar-refractivity contribution is -0.384. The van der Waals surface area contributed by atoms with Crippen LogP contribution in [0.2, 0.25) is 0 Å². The second-order valence-corrected chi connectivity index (χ2v) is 9.88. The minimum atomic E-state index is -0.505. The molecule has 0 aliphatic carbocycles. The largest absolute Gasteiger partial charge is 0.325 e. The number of hydrogen-bond acceptors (Lipinski definition) is 7. The molecule has 0 aliphatic heterocycles. The molecule has 9 nitrogen and oxygen atoms in total. The van der Waals surface area contributed by atoms with Gasteiger partial charge in [-0.15, -0.1) is 11.8 Å². The summed E-state index contributed by atoms with van der Waals surface area (Å²) in [5, 5.41) is 22.7. The molecule has 0 bridgehead atoms. The number of non-ortho nitro benzene ring substituents is 1. The van der Waals surface area contributed by atoms with E-state index in [-0.39, 0.29) is 23.0 Å². The number of nitrogens with one attached hydrogen (secondary N) is 3. The van der Waals surface area contributed by atoms with E-state index >= 15 is 0 Å². The maximum absolute atomic E-state index is 13.1. The highest BCUT2D eigenvalue weighted by Crippen LogP contribution is 2.22. The minimum absolute atomic E-state index is 0.0535. The molecule has 0 spiro atoms. The smallest absolute Gasteiger partial charge is 0.272 e. The van der Waals surface area contributed by atoms with Crippen LogP contribution < -0.4 is 16.0 Å². The van der Waals surface area contributed by atoms with Crippen molar-refractivity contribution < 1.29 is 19.3 Å². The lowest BCUT2D eigenvalue weighted by atomic mass is 10.2. The number of rotatable bonds is 10. The molecular weight excluding hydrogens is 536 g/mol. The second-order valence-electron chi connectivity index (χ2n) is 8.05. The zero-order valence-corrected chi connectivity index (χ0v) is 22.0. The van der Waals surface area contributed by atoms with Gasteiger partial charge in [-0.1, -0.05) is 18.2 Å². The second kappa shape index (κ2) is 13.2. The molecule has 0 unspecified atom stereocenters. The van der Waals surface area contributed by atoms with E-state index in [1.165, 1.54) is 47.4 Å². The molecule has 1 heterocycles. The highest BCUT2D eigenvalue weighted by atomic mass is 32.2. The Morgan fingerprint density at radius 3 is 2.18 bits per heavy atom. The van der Waals surface area contributed by atoms with Gasteiger partial charge in [0, 0.05) is 34.0 Å². The van der Waals surface area contributed by atoms with Gasteiger partial charge in [-0.05, 0) is 77.0 Å². The summed E-state index contributed by atoms with van der Waals surface area (Å²) in [4.78, 5) is 49.0. The molecule has 39 heavy (non-hydrogen) atoms. The van der Waals surface area contributed by atoms with Gasteiger partial charge in [0.25, 0.3) is 17.5 Å². The Labute approximate surface area is 232 Å².